The van der Waals surface area contributed by atoms with E-state index in [1.165, 1.54) is 4.68 Å². The van der Waals surface area contributed by atoms with E-state index < -0.39 is 9.84 Å². The molecule has 1 atom stereocenters. The van der Waals surface area contributed by atoms with Gasteiger partial charge in [0.25, 0.3) is 5.56 Å². The highest BCUT2D eigenvalue weighted by atomic mass is 32.2. The van der Waals surface area contributed by atoms with Crippen LogP contribution in [-0.4, -0.2) is 45.6 Å². The summed E-state index contributed by atoms with van der Waals surface area (Å²) < 4.78 is 26.6. The number of aryl methyl sites for hydroxylation is 2. The van der Waals surface area contributed by atoms with Gasteiger partial charge in [0, 0.05) is 11.3 Å². The summed E-state index contributed by atoms with van der Waals surface area (Å²) in [5.74, 6) is 0.791. The highest BCUT2D eigenvalue weighted by Gasteiger charge is 2.31. The highest BCUT2D eigenvalue weighted by Crippen LogP contribution is 2.26. The molecular weight excluding hydrogens is 378 g/mol. The van der Waals surface area contributed by atoms with Crippen LogP contribution in [0.4, 0.5) is 0 Å². The van der Waals surface area contributed by atoms with Crippen molar-refractivity contribution in [1.82, 2.24) is 19.4 Å². The number of hydrogen-bond donors (Lipinski definition) is 0. The monoisotopic (exact) mass is 399 g/mol. The first-order valence-corrected chi connectivity index (χ1v) is 10.9. The van der Waals surface area contributed by atoms with Crippen molar-refractivity contribution in [3.05, 3.63) is 57.4 Å². The van der Waals surface area contributed by atoms with E-state index in [0.29, 0.717) is 23.1 Å². The zero-order valence-corrected chi connectivity index (χ0v) is 16.8. The van der Waals surface area contributed by atoms with Crippen LogP contribution < -0.4 is 5.56 Å². The number of fused-ring (bicyclic) bond motifs is 1. The van der Waals surface area contributed by atoms with Crippen molar-refractivity contribution in [2.24, 2.45) is 5.10 Å². The van der Waals surface area contributed by atoms with Crippen molar-refractivity contribution in [1.29, 1.82) is 0 Å². The van der Waals surface area contributed by atoms with Crippen LogP contribution in [-0.2, 0) is 9.84 Å². The summed E-state index contributed by atoms with van der Waals surface area (Å²) in [6.07, 6.45) is 2.16. The molecule has 0 radical (unpaired) electrons. The second-order valence-electron chi connectivity index (χ2n) is 7.12. The van der Waals surface area contributed by atoms with Crippen LogP contribution in [0, 0.1) is 20.8 Å². The first-order chi connectivity index (χ1) is 13.3. The maximum Gasteiger partial charge on any atom is 0.282 e. The molecule has 0 bridgehead atoms. The van der Waals surface area contributed by atoms with Crippen LogP contribution in [0.3, 0.4) is 0 Å². The molecule has 146 valence electrons. The zero-order chi connectivity index (χ0) is 20.1. The molecule has 0 spiro atoms. The van der Waals surface area contributed by atoms with Crippen LogP contribution in [0.1, 0.15) is 35.2 Å². The fourth-order valence-electron chi connectivity index (χ4n) is 3.67. The van der Waals surface area contributed by atoms with Gasteiger partial charge in [0.2, 0.25) is 0 Å². The lowest BCUT2D eigenvalue weighted by Crippen LogP contribution is -2.20. The zero-order valence-electron chi connectivity index (χ0n) is 16.0. The number of nitrogens with zero attached hydrogens (tertiary/aromatic N) is 5. The molecule has 3 heterocycles. The van der Waals surface area contributed by atoms with Gasteiger partial charge < -0.3 is 0 Å². The molecule has 3 aromatic rings. The maximum atomic E-state index is 12.7. The smallest absolute Gasteiger partial charge is 0.267 e. The van der Waals surface area contributed by atoms with Crippen molar-refractivity contribution in [2.75, 3.05) is 11.5 Å². The minimum absolute atomic E-state index is 0.110. The SMILES string of the molecule is Cc1nn([C@H]2CCS(=O)(=O)C2)c(C)c1C=Nn1c(C)nc2ccccc2c1=O. The average Bonchev–Trinajstić information content (AvgIpc) is 3.14. The molecule has 4 rings (SSSR count). The summed E-state index contributed by atoms with van der Waals surface area (Å²) in [6.45, 7) is 5.47. The molecule has 0 unspecified atom stereocenters. The number of sulfone groups is 1. The maximum absolute atomic E-state index is 12.7. The number of benzene rings is 1. The Labute approximate surface area is 162 Å². The Morgan fingerprint density at radius 1 is 1.21 bits per heavy atom. The second-order valence-corrected chi connectivity index (χ2v) is 9.35. The van der Waals surface area contributed by atoms with Crippen LogP contribution in [0.15, 0.2) is 34.2 Å². The molecule has 1 aliphatic heterocycles. The highest BCUT2D eigenvalue weighted by molar-refractivity contribution is 7.91. The Morgan fingerprint density at radius 2 is 1.96 bits per heavy atom. The predicted octanol–water partition coefficient (Wildman–Crippen LogP) is 1.76. The Kier molecular flexibility index (Phi) is 4.41. The molecule has 1 aliphatic rings. The minimum atomic E-state index is -3.00. The summed E-state index contributed by atoms with van der Waals surface area (Å²) in [5, 5.41) is 9.39. The summed E-state index contributed by atoms with van der Waals surface area (Å²) in [4.78, 5) is 17.2. The Bertz CT molecular complexity index is 1270. The van der Waals surface area contributed by atoms with Crippen molar-refractivity contribution in [2.45, 2.75) is 33.2 Å². The fourth-order valence-corrected chi connectivity index (χ4v) is 5.36. The quantitative estimate of drug-likeness (QED) is 0.625. The standard InChI is InChI=1S/C19H21N5O3S/c1-12-17(13(2)23(22-12)15-8-9-28(26,27)11-15)10-20-24-14(3)21-18-7-5-4-6-16(18)19(24)25/h4-7,10,15H,8-9,11H2,1-3H3/t15-/m0/s1. The van der Waals surface area contributed by atoms with Gasteiger partial charge in [0.05, 0.1) is 40.4 Å². The predicted molar refractivity (Wildman–Crippen MR) is 108 cm³/mol. The molecule has 0 amide bonds. The third-order valence-electron chi connectivity index (χ3n) is 5.15. The second kappa shape index (κ2) is 6.66. The third-order valence-corrected chi connectivity index (χ3v) is 6.90. The first kappa shape index (κ1) is 18.5. The average molecular weight is 399 g/mol. The van der Waals surface area contributed by atoms with Crippen LogP contribution in [0.25, 0.3) is 10.9 Å². The fraction of sp³-hybridized carbons (Fsp3) is 0.368. The summed E-state index contributed by atoms with van der Waals surface area (Å²) in [6, 6.07) is 7.00. The topological polar surface area (TPSA) is 99.2 Å². The molecule has 0 saturated carbocycles. The summed E-state index contributed by atoms with van der Waals surface area (Å²) >= 11 is 0. The van der Waals surface area contributed by atoms with E-state index >= 15 is 0 Å². The lowest BCUT2D eigenvalue weighted by atomic mass is 10.2. The number of rotatable bonds is 3. The minimum Gasteiger partial charge on any atom is -0.267 e. The van der Waals surface area contributed by atoms with Crippen molar-refractivity contribution < 1.29 is 8.42 Å². The van der Waals surface area contributed by atoms with E-state index in [-0.39, 0.29) is 23.1 Å². The molecule has 1 fully saturated rings. The largest absolute Gasteiger partial charge is 0.282 e. The van der Waals surface area contributed by atoms with Gasteiger partial charge in [-0.25, -0.2) is 13.4 Å². The lowest BCUT2D eigenvalue weighted by Gasteiger charge is -2.10. The molecule has 0 aliphatic carbocycles. The van der Waals surface area contributed by atoms with E-state index in [1.54, 1.807) is 36.0 Å². The third kappa shape index (κ3) is 3.15. The molecule has 2 aromatic heterocycles. The number of aromatic nitrogens is 4. The number of hydrogen-bond acceptors (Lipinski definition) is 6. The van der Waals surface area contributed by atoms with Crippen LogP contribution in [0.2, 0.25) is 0 Å². The van der Waals surface area contributed by atoms with E-state index in [4.69, 9.17) is 0 Å². The molecule has 1 aromatic carbocycles. The van der Waals surface area contributed by atoms with Crippen LogP contribution in [0.5, 0.6) is 0 Å². The molecule has 8 nitrogen and oxygen atoms in total. The first-order valence-electron chi connectivity index (χ1n) is 9.06. The molecule has 9 heteroatoms. The van der Waals surface area contributed by atoms with Gasteiger partial charge in [0.15, 0.2) is 9.84 Å². The van der Waals surface area contributed by atoms with Crippen LogP contribution >= 0.6 is 0 Å². The molecular formula is C19H21N5O3S. The van der Waals surface area contributed by atoms with Crippen molar-refractivity contribution in [3.8, 4) is 0 Å². The summed E-state index contributed by atoms with van der Waals surface area (Å²) in [7, 11) is -3.00. The van der Waals surface area contributed by atoms with E-state index in [0.717, 1.165) is 17.0 Å². The number of para-hydroxylation sites is 1. The lowest BCUT2D eigenvalue weighted by molar-refractivity contribution is 0.486. The Morgan fingerprint density at radius 3 is 2.68 bits per heavy atom. The van der Waals surface area contributed by atoms with E-state index in [9.17, 15) is 13.2 Å². The Balaban J connectivity index is 1.73. The Hall–Kier alpha value is -2.81. The molecule has 28 heavy (non-hydrogen) atoms. The van der Waals surface area contributed by atoms with Gasteiger partial charge in [-0.1, -0.05) is 12.1 Å². The van der Waals surface area contributed by atoms with Gasteiger partial charge in [-0.05, 0) is 39.3 Å². The van der Waals surface area contributed by atoms with E-state index in [2.05, 4.69) is 15.2 Å². The van der Waals surface area contributed by atoms with Gasteiger partial charge in [-0.2, -0.15) is 14.9 Å². The van der Waals surface area contributed by atoms with Gasteiger partial charge in [-0.15, -0.1) is 0 Å². The summed E-state index contributed by atoms with van der Waals surface area (Å²) in [5.41, 5.74) is 2.76. The van der Waals surface area contributed by atoms with Gasteiger partial charge in [-0.3, -0.25) is 9.48 Å². The van der Waals surface area contributed by atoms with Gasteiger partial charge >= 0.3 is 0 Å². The van der Waals surface area contributed by atoms with Crippen molar-refractivity contribution >= 4 is 27.0 Å². The molecule has 0 N–H and O–H groups in total. The molecule has 1 saturated heterocycles. The van der Waals surface area contributed by atoms with Crippen molar-refractivity contribution in [3.63, 3.8) is 0 Å². The van der Waals surface area contributed by atoms with E-state index in [1.807, 2.05) is 19.9 Å². The van der Waals surface area contributed by atoms with Gasteiger partial charge in [0.1, 0.15) is 5.82 Å². The normalized spacial score (nSPS) is 19.0.